The molecule has 0 spiro atoms. The summed E-state index contributed by atoms with van der Waals surface area (Å²) in [6.07, 6.45) is 2.01. The molecule has 6 nitrogen and oxygen atoms in total. The molecule has 34 heavy (non-hydrogen) atoms. The first kappa shape index (κ1) is 23.6. The van der Waals surface area contributed by atoms with Crippen LogP contribution in [0.3, 0.4) is 0 Å². The second-order valence-corrected chi connectivity index (χ2v) is 8.93. The highest BCUT2D eigenvalue weighted by atomic mass is 32.2. The molecule has 4 rings (SSSR count). The normalized spacial score (nSPS) is 15.7. The second-order valence-electron chi connectivity index (χ2n) is 7.94. The molecule has 1 saturated heterocycles. The van der Waals surface area contributed by atoms with Crippen LogP contribution in [0.4, 0.5) is 4.79 Å². The standard InChI is InChI=1S/C27H25NO5S/c1-3-18(2)33-25(29)16-28-26(30)24(34-27(28)31)15-20-10-5-7-14-23(20)32-17-21-12-8-11-19-9-4-6-13-22(19)21/h4-15,18H,3,16-17H2,1-2H3/b24-15-/t18-/m1/s1. The van der Waals surface area contributed by atoms with E-state index in [1.54, 1.807) is 13.0 Å². The van der Waals surface area contributed by atoms with E-state index in [0.717, 1.165) is 33.0 Å². The lowest BCUT2D eigenvalue weighted by Gasteiger charge is -2.15. The summed E-state index contributed by atoms with van der Waals surface area (Å²) in [4.78, 5) is 38.4. The van der Waals surface area contributed by atoms with Gasteiger partial charge < -0.3 is 9.47 Å². The monoisotopic (exact) mass is 475 g/mol. The third kappa shape index (κ3) is 5.31. The van der Waals surface area contributed by atoms with Gasteiger partial charge >= 0.3 is 5.97 Å². The fourth-order valence-corrected chi connectivity index (χ4v) is 4.39. The van der Waals surface area contributed by atoms with Crippen LogP contribution >= 0.6 is 11.8 Å². The maximum Gasteiger partial charge on any atom is 0.326 e. The molecule has 2 amide bonds. The number of imide groups is 1. The third-order valence-corrected chi connectivity index (χ3v) is 6.44. The Morgan fingerprint density at radius 3 is 2.59 bits per heavy atom. The smallest absolute Gasteiger partial charge is 0.326 e. The molecule has 1 aliphatic rings. The summed E-state index contributed by atoms with van der Waals surface area (Å²) < 4.78 is 11.3. The van der Waals surface area contributed by atoms with Gasteiger partial charge in [0, 0.05) is 5.56 Å². The Labute approximate surface area is 202 Å². The zero-order chi connectivity index (χ0) is 24.1. The van der Waals surface area contributed by atoms with Crippen LogP contribution in [0.1, 0.15) is 31.4 Å². The second kappa shape index (κ2) is 10.6. The minimum absolute atomic E-state index is 0.238. The van der Waals surface area contributed by atoms with E-state index in [1.807, 2.05) is 55.5 Å². The molecule has 0 saturated carbocycles. The molecule has 174 valence electrons. The Morgan fingerprint density at radius 2 is 1.76 bits per heavy atom. The Bertz CT molecular complexity index is 1260. The number of hydrogen-bond acceptors (Lipinski definition) is 6. The van der Waals surface area contributed by atoms with Crippen molar-refractivity contribution in [2.75, 3.05) is 6.54 Å². The van der Waals surface area contributed by atoms with Crippen LogP contribution in [0.2, 0.25) is 0 Å². The summed E-state index contributed by atoms with van der Waals surface area (Å²) in [5, 5.41) is 1.76. The van der Waals surface area contributed by atoms with Gasteiger partial charge in [-0.25, -0.2) is 0 Å². The molecule has 0 radical (unpaired) electrons. The van der Waals surface area contributed by atoms with Crippen molar-refractivity contribution in [1.29, 1.82) is 0 Å². The van der Waals surface area contributed by atoms with Gasteiger partial charge in [-0.3, -0.25) is 19.3 Å². The summed E-state index contributed by atoms with van der Waals surface area (Å²) in [7, 11) is 0. The van der Waals surface area contributed by atoms with Gasteiger partial charge in [0.25, 0.3) is 11.1 Å². The van der Waals surface area contributed by atoms with Gasteiger partial charge in [-0.1, -0.05) is 67.6 Å². The lowest BCUT2D eigenvalue weighted by Crippen LogP contribution is -2.35. The molecule has 0 bridgehead atoms. The van der Waals surface area contributed by atoms with Gasteiger partial charge in [0.2, 0.25) is 0 Å². The number of carbonyl (C=O) groups is 3. The molecule has 1 fully saturated rings. The summed E-state index contributed by atoms with van der Waals surface area (Å²) >= 11 is 0.804. The van der Waals surface area contributed by atoms with Crippen molar-refractivity contribution in [3.63, 3.8) is 0 Å². The predicted octanol–water partition coefficient (Wildman–Crippen LogP) is 5.80. The zero-order valence-corrected chi connectivity index (χ0v) is 19.8. The Kier molecular flexibility index (Phi) is 7.33. The van der Waals surface area contributed by atoms with Crippen molar-refractivity contribution < 1.29 is 23.9 Å². The van der Waals surface area contributed by atoms with Gasteiger partial charge in [0.05, 0.1) is 11.0 Å². The summed E-state index contributed by atoms with van der Waals surface area (Å²) in [6.45, 7) is 3.61. The van der Waals surface area contributed by atoms with Crippen LogP contribution in [-0.4, -0.2) is 34.7 Å². The van der Waals surface area contributed by atoms with Crippen molar-refractivity contribution in [1.82, 2.24) is 4.90 Å². The van der Waals surface area contributed by atoms with E-state index in [1.165, 1.54) is 0 Å². The first-order valence-corrected chi connectivity index (χ1v) is 11.9. The minimum atomic E-state index is -0.600. The predicted molar refractivity (Wildman–Crippen MR) is 133 cm³/mol. The average molecular weight is 476 g/mol. The lowest BCUT2D eigenvalue weighted by molar-refractivity contribution is -0.150. The maximum absolute atomic E-state index is 12.8. The van der Waals surface area contributed by atoms with E-state index in [9.17, 15) is 14.4 Å². The van der Waals surface area contributed by atoms with Crippen molar-refractivity contribution in [2.45, 2.75) is 33.0 Å². The molecule has 3 aromatic carbocycles. The molecule has 1 aliphatic heterocycles. The Balaban J connectivity index is 1.50. The maximum atomic E-state index is 12.8. The molecule has 3 aromatic rings. The van der Waals surface area contributed by atoms with E-state index < -0.39 is 23.7 Å². The largest absolute Gasteiger partial charge is 0.488 e. The van der Waals surface area contributed by atoms with Crippen molar-refractivity contribution in [2.24, 2.45) is 0 Å². The number of esters is 1. The Hall–Kier alpha value is -3.58. The van der Waals surface area contributed by atoms with Crippen LogP contribution < -0.4 is 4.74 Å². The van der Waals surface area contributed by atoms with E-state index in [0.29, 0.717) is 24.3 Å². The topological polar surface area (TPSA) is 72.9 Å². The summed E-state index contributed by atoms with van der Waals surface area (Å²) in [6, 6.07) is 21.5. The number of nitrogens with zero attached hydrogens (tertiary/aromatic N) is 1. The van der Waals surface area contributed by atoms with Gasteiger partial charge in [0.15, 0.2) is 0 Å². The van der Waals surface area contributed by atoms with E-state index in [4.69, 9.17) is 9.47 Å². The molecule has 1 atom stereocenters. The van der Waals surface area contributed by atoms with Crippen molar-refractivity contribution >= 4 is 45.7 Å². The van der Waals surface area contributed by atoms with Crippen LogP contribution in [-0.2, 0) is 20.9 Å². The van der Waals surface area contributed by atoms with Crippen molar-refractivity contribution in [3.8, 4) is 5.75 Å². The van der Waals surface area contributed by atoms with Gasteiger partial charge in [-0.05, 0) is 53.6 Å². The number of ether oxygens (including phenoxy) is 2. The number of benzene rings is 3. The first-order valence-electron chi connectivity index (χ1n) is 11.1. The highest BCUT2D eigenvalue weighted by molar-refractivity contribution is 8.18. The SMILES string of the molecule is CC[C@@H](C)OC(=O)CN1C(=O)S/C(=C\c2ccccc2OCc2cccc3ccccc23)C1=O. The lowest BCUT2D eigenvalue weighted by atomic mass is 10.1. The van der Waals surface area contributed by atoms with Gasteiger partial charge in [0.1, 0.15) is 18.9 Å². The van der Waals surface area contributed by atoms with Crippen molar-refractivity contribution in [3.05, 3.63) is 82.8 Å². The highest BCUT2D eigenvalue weighted by Crippen LogP contribution is 2.34. The fraction of sp³-hybridized carbons (Fsp3) is 0.222. The number of amides is 2. The Morgan fingerprint density at radius 1 is 1.03 bits per heavy atom. The molecule has 0 aromatic heterocycles. The van der Waals surface area contributed by atoms with Crippen LogP contribution in [0.15, 0.2) is 71.6 Å². The molecular formula is C27H25NO5S. The third-order valence-electron chi connectivity index (χ3n) is 5.54. The number of para-hydroxylation sites is 1. The molecule has 7 heteroatoms. The van der Waals surface area contributed by atoms with Crippen LogP contribution in [0.25, 0.3) is 16.8 Å². The van der Waals surface area contributed by atoms with E-state index in [-0.39, 0.29) is 11.0 Å². The molecule has 0 aliphatic carbocycles. The zero-order valence-electron chi connectivity index (χ0n) is 19.0. The first-order chi connectivity index (χ1) is 16.5. The number of carbonyl (C=O) groups excluding carboxylic acids is 3. The van der Waals surface area contributed by atoms with Gasteiger partial charge in [-0.2, -0.15) is 0 Å². The summed E-state index contributed by atoms with van der Waals surface area (Å²) in [5.41, 5.74) is 1.73. The average Bonchev–Trinajstić information content (AvgIpc) is 3.10. The van der Waals surface area contributed by atoms with Gasteiger partial charge in [-0.15, -0.1) is 0 Å². The number of fused-ring (bicyclic) bond motifs is 1. The highest BCUT2D eigenvalue weighted by Gasteiger charge is 2.37. The molecule has 1 heterocycles. The number of hydrogen-bond donors (Lipinski definition) is 0. The van der Waals surface area contributed by atoms with Crippen LogP contribution in [0, 0.1) is 0 Å². The fourth-order valence-electron chi connectivity index (χ4n) is 3.56. The quantitative estimate of drug-likeness (QED) is 0.303. The number of thioether (sulfide) groups is 1. The minimum Gasteiger partial charge on any atom is -0.488 e. The van der Waals surface area contributed by atoms with E-state index in [2.05, 4.69) is 18.2 Å². The van der Waals surface area contributed by atoms with E-state index >= 15 is 0 Å². The molecular weight excluding hydrogens is 450 g/mol. The molecule has 0 unspecified atom stereocenters. The number of rotatable bonds is 8. The summed E-state index contributed by atoms with van der Waals surface area (Å²) in [5.74, 6) is -0.518. The molecule has 0 N–H and O–H groups in total. The van der Waals surface area contributed by atoms with Crippen LogP contribution in [0.5, 0.6) is 5.75 Å².